The number of sulfone groups is 1. The summed E-state index contributed by atoms with van der Waals surface area (Å²) < 4.78 is 23.5. The van der Waals surface area contributed by atoms with Crippen LogP contribution in [0.1, 0.15) is 51.4 Å². The highest BCUT2D eigenvalue weighted by atomic mass is 32.2. The maximum absolute atomic E-state index is 11.8. The van der Waals surface area contributed by atoms with Crippen LogP contribution in [-0.2, 0) is 9.84 Å². The summed E-state index contributed by atoms with van der Waals surface area (Å²) in [6.07, 6.45) is 9.63. The molecule has 3 aliphatic rings. The zero-order valence-corrected chi connectivity index (χ0v) is 13.1. The Morgan fingerprint density at radius 1 is 0.950 bits per heavy atom. The van der Waals surface area contributed by atoms with E-state index < -0.39 is 9.84 Å². The molecule has 116 valence electrons. The van der Waals surface area contributed by atoms with Crippen LogP contribution in [0.3, 0.4) is 0 Å². The Balaban J connectivity index is 1.58. The Bertz CT molecular complexity index is 418. The number of nitrogens with one attached hydrogen (secondary N) is 2. The van der Waals surface area contributed by atoms with Crippen LogP contribution in [0.4, 0.5) is 0 Å². The molecule has 1 aliphatic carbocycles. The summed E-state index contributed by atoms with van der Waals surface area (Å²) in [6, 6.07) is 1.38. The van der Waals surface area contributed by atoms with Gasteiger partial charge in [-0.05, 0) is 51.0 Å². The van der Waals surface area contributed by atoms with Gasteiger partial charge in [0.1, 0.15) is 0 Å². The van der Waals surface area contributed by atoms with Crippen molar-refractivity contribution < 1.29 is 8.42 Å². The van der Waals surface area contributed by atoms with Crippen molar-refractivity contribution in [3.05, 3.63) is 0 Å². The van der Waals surface area contributed by atoms with E-state index in [0.717, 1.165) is 19.4 Å². The molecule has 0 aromatic heterocycles. The molecule has 1 saturated carbocycles. The molecule has 4 atom stereocenters. The molecule has 0 aromatic carbocycles. The fourth-order valence-electron chi connectivity index (χ4n) is 4.38. The van der Waals surface area contributed by atoms with Gasteiger partial charge in [-0.1, -0.05) is 12.8 Å². The third kappa shape index (κ3) is 3.55. The fraction of sp³-hybridized carbons (Fsp3) is 1.00. The Hall–Kier alpha value is -0.130. The average Bonchev–Trinajstić information content (AvgIpc) is 2.87. The molecule has 3 fully saturated rings. The second-order valence-electron chi connectivity index (χ2n) is 6.88. The van der Waals surface area contributed by atoms with Gasteiger partial charge in [0.25, 0.3) is 0 Å². The van der Waals surface area contributed by atoms with Gasteiger partial charge < -0.3 is 10.6 Å². The third-order valence-corrected chi connectivity index (χ3v) is 7.17. The number of hydrogen-bond acceptors (Lipinski definition) is 4. The van der Waals surface area contributed by atoms with Gasteiger partial charge in [-0.2, -0.15) is 0 Å². The normalized spacial score (nSPS) is 41.6. The Morgan fingerprint density at radius 2 is 1.85 bits per heavy atom. The van der Waals surface area contributed by atoms with Crippen molar-refractivity contribution in [1.82, 2.24) is 10.6 Å². The molecule has 0 aromatic rings. The van der Waals surface area contributed by atoms with Crippen molar-refractivity contribution in [1.29, 1.82) is 0 Å². The zero-order chi connectivity index (χ0) is 14.0. The SMILES string of the molecule is O=S1(=O)CCCC(NC2CCCC2C2CCCCN2)C1. The second kappa shape index (κ2) is 6.32. The maximum Gasteiger partial charge on any atom is 0.151 e. The van der Waals surface area contributed by atoms with Crippen molar-refractivity contribution >= 4 is 9.84 Å². The molecule has 2 heterocycles. The summed E-state index contributed by atoms with van der Waals surface area (Å²) in [7, 11) is -2.79. The van der Waals surface area contributed by atoms with Gasteiger partial charge in [-0.3, -0.25) is 0 Å². The molecule has 5 heteroatoms. The van der Waals surface area contributed by atoms with E-state index >= 15 is 0 Å². The van der Waals surface area contributed by atoms with Crippen LogP contribution < -0.4 is 10.6 Å². The van der Waals surface area contributed by atoms with Crippen LogP contribution in [0.15, 0.2) is 0 Å². The molecule has 2 N–H and O–H groups in total. The first kappa shape index (κ1) is 14.8. The molecule has 0 amide bonds. The summed E-state index contributed by atoms with van der Waals surface area (Å²) in [5, 5.41) is 7.39. The summed E-state index contributed by atoms with van der Waals surface area (Å²) in [5.74, 6) is 1.46. The lowest BCUT2D eigenvalue weighted by Gasteiger charge is -2.35. The first-order valence-electron chi connectivity index (χ1n) is 8.34. The van der Waals surface area contributed by atoms with Crippen molar-refractivity contribution in [3.8, 4) is 0 Å². The lowest BCUT2D eigenvalue weighted by Crippen LogP contribution is -2.51. The molecule has 4 unspecified atom stereocenters. The quantitative estimate of drug-likeness (QED) is 0.828. The van der Waals surface area contributed by atoms with Crippen molar-refractivity contribution in [2.24, 2.45) is 5.92 Å². The summed E-state index contributed by atoms with van der Waals surface area (Å²) in [4.78, 5) is 0. The highest BCUT2D eigenvalue weighted by Gasteiger charge is 2.36. The van der Waals surface area contributed by atoms with E-state index in [2.05, 4.69) is 10.6 Å². The molecule has 2 aliphatic heterocycles. The molecule has 20 heavy (non-hydrogen) atoms. The molecular weight excluding hydrogens is 272 g/mol. The van der Waals surface area contributed by atoms with Crippen LogP contribution in [0.25, 0.3) is 0 Å². The van der Waals surface area contributed by atoms with E-state index in [0.29, 0.717) is 29.5 Å². The summed E-state index contributed by atoms with van der Waals surface area (Å²) in [5.41, 5.74) is 0. The van der Waals surface area contributed by atoms with Crippen LogP contribution in [0.2, 0.25) is 0 Å². The number of hydrogen-bond donors (Lipinski definition) is 2. The molecule has 2 saturated heterocycles. The predicted molar refractivity (Wildman–Crippen MR) is 81.6 cm³/mol. The predicted octanol–water partition coefficient (Wildman–Crippen LogP) is 1.46. The Morgan fingerprint density at radius 3 is 2.60 bits per heavy atom. The summed E-state index contributed by atoms with van der Waals surface area (Å²) >= 11 is 0. The smallest absolute Gasteiger partial charge is 0.151 e. The molecule has 0 spiro atoms. The van der Waals surface area contributed by atoms with Crippen LogP contribution in [0, 0.1) is 5.92 Å². The first-order valence-corrected chi connectivity index (χ1v) is 10.2. The van der Waals surface area contributed by atoms with E-state index in [9.17, 15) is 8.42 Å². The topological polar surface area (TPSA) is 58.2 Å². The second-order valence-corrected chi connectivity index (χ2v) is 9.11. The van der Waals surface area contributed by atoms with Gasteiger partial charge in [-0.15, -0.1) is 0 Å². The lowest BCUT2D eigenvalue weighted by atomic mass is 9.88. The van der Waals surface area contributed by atoms with Crippen LogP contribution in [0.5, 0.6) is 0 Å². The largest absolute Gasteiger partial charge is 0.314 e. The van der Waals surface area contributed by atoms with E-state index in [4.69, 9.17) is 0 Å². The highest BCUT2D eigenvalue weighted by molar-refractivity contribution is 7.91. The highest BCUT2D eigenvalue weighted by Crippen LogP contribution is 2.32. The molecule has 3 rings (SSSR count). The first-order chi connectivity index (χ1) is 9.64. The maximum atomic E-state index is 11.8. The van der Waals surface area contributed by atoms with Gasteiger partial charge >= 0.3 is 0 Å². The monoisotopic (exact) mass is 300 g/mol. The zero-order valence-electron chi connectivity index (χ0n) is 12.3. The Labute approximate surface area is 123 Å². The molecular formula is C15H28N2O2S. The standard InChI is InChI=1S/C15H28N2O2S/c18-20(19)10-4-5-12(11-20)17-15-8-3-6-13(15)14-7-1-2-9-16-14/h12-17H,1-11H2. The minimum Gasteiger partial charge on any atom is -0.314 e. The lowest BCUT2D eigenvalue weighted by molar-refractivity contribution is 0.245. The van der Waals surface area contributed by atoms with E-state index in [1.807, 2.05) is 0 Å². The number of piperidine rings is 1. The van der Waals surface area contributed by atoms with Crippen molar-refractivity contribution in [2.75, 3.05) is 18.1 Å². The van der Waals surface area contributed by atoms with Gasteiger partial charge in [-0.25, -0.2) is 8.42 Å². The van der Waals surface area contributed by atoms with Gasteiger partial charge in [0.2, 0.25) is 0 Å². The van der Waals surface area contributed by atoms with Gasteiger partial charge in [0.15, 0.2) is 9.84 Å². The van der Waals surface area contributed by atoms with Crippen molar-refractivity contribution in [2.45, 2.75) is 69.5 Å². The van der Waals surface area contributed by atoms with E-state index in [1.165, 1.54) is 38.5 Å². The molecule has 0 bridgehead atoms. The summed E-state index contributed by atoms with van der Waals surface area (Å²) in [6.45, 7) is 1.16. The van der Waals surface area contributed by atoms with Crippen LogP contribution >= 0.6 is 0 Å². The molecule has 0 radical (unpaired) electrons. The van der Waals surface area contributed by atoms with Crippen LogP contribution in [-0.4, -0.2) is 44.6 Å². The molecule has 4 nitrogen and oxygen atoms in total. The minimum atomic E-state index is -2.79. The van der Waals surface area contributed by atoms with Crippen molar-refractivity contribution in [3.63, 3.8) is 0 Å². The van der Waals surface area contributed by atoms with Gasteiger partial charge in [0.05, 0.1) is 11.5 Å². The average molecular weight is 300 g/mol. The third-order valence-electron chi connectivity index (χ3n) is 5.35. The minimum absolute atomic E-state index is 0.197. The Kier molecular flexibility index (Phi) is 4.68. The van der Waals surface area contributed by atoms with E-state index in [-0.39, 0.29) is 6.04 Å². The number of rotatable bonds is 3. The fourth-order valence-corrected chi connectivity index (χ4v) is 6.03. The van der Waals surface area contributed by atoms with Gasteiger partial charge in [0, 0.05) is 18.1 Å². The van der Waals surface area contributed by atoms with E-state index in [1.54, 1.807) is 0 Å².